The second kappa shape index (κ2) is 12.5. The van der Waals surface area contributed by atoms with Crippen molar-refractivity contribution < 1.29 is 34.2 Å². The molecule has 0 radical (unpaired) electrons. The molecule has 11 heteroatoms. The highest BCUT2D eigenvalue weighted by molar-refractivity contribution is 5.96. The normalized spacial score (nSPS) is 16.2. The second-order valence-corrected chi connectivity index (χ2v) is 9.73. The predicted octanol–water partition coefficient (Wildman–Crippen LogP) is 1.52. The molecule has 2 aromatic rings. The Morgan fingerprint density at radius 1 is 0.946 bits per heavy atom. The molecule has 1 aliphatic rings. The zero-order chi connectivity index (χ0) is 27.0. The van der Waals surface area contributed by atoms with Gasteiger partial charge in [-0.05, 0) is 41.8 Å². The number of carbonyl (C=O) groups excluding carboxylic acids is 3. The monoisotopic (exact) mass is 514 g/mol. The molecule has 3 unspecified atom stereocenters. The smallest absolute Gasteiger partial charge is 0.274 e. The number of hydrogen-bond donors (Lipinski definition) is 5. The summed E-state index contributed by atoms with van der Waals surface area (Å²) >= 11 is 0. The molecule has 2 aromatic carbocycles. The van der Waals surface area contributed by atoms with Crippen molar-refractivity contribution in [3.05, 3.63) is 54.6 Å². The van der Waals surface area contributed by atoms with Gasteiger partial charge in [-0.2, -0.15) is 0 Å². The van der Waals surface area contributed by atoms with Crippen molar-refractivity contribution in [3.8, 4) is 11.5 Å². The molecule has 1 fully saturated rings. The third kappa shape index (κ3) is 7.66. The van der Waals surface area contributed by atoms with Gasteiger partial charge in [0, 0.05) is 18.8 Å². The standard InChI is InChI=1S/C26H34N4O7/c1-26(2,3)22(25(34)30-13-15-36-16-14-30)28-23(32)20(21(31)24(33)29-35)27-17-9-11-19(12-10-17)37-18-7-5-4-6-8-18/h4-12,20-22,27,31,35H,13-16H2,1-3H3,(H,28,32)(H,29,33). The van der Waals surface area contributed by atoms with Crippen LogP contribution < -0.4 is 20.9 Å². The first-order chi connectivity index (χ1) is 17.6. The van der Waals surface area contributed by atoms with Gasteiger partial charge >= 0.3 is 0 Å². The fourth-order valence-electron chi connectivity index (χ4n) is 3.78. The molecule has 1 heterocycles. The second-order valence-electron chi connectivity index (χ2n) is 9.73. The number of anilines is 1. The Hall–Kier alpha value is -3.67. The highest BCUT2D eigenvalue weighted by Gasteiger charge is 2.40. The molecule has 3 rings (SSSR count). The molecule has 5 N–H and O–H groups in total. The van der Waals surface area contributed by atoms with Gasteiger partial charge in [0.1, 0.15) is 23.6 Å². The van der Waals surface area contributed by atoms with Gasteiger partial charge < -0.3 is 30.1 Å². The number of amides is 3. The minimum absolute atomic E-state index is 0.286. The number of para-hydroxylation sites is 1. The van der Waals surface area contributed by atoms with Crippen molar-refractivity contribution in [2.24, 2.45) is 5.41 Å². The van der Waals surface area contributed by atoms with E-state index in [0.29, 0.717) is 43.5 Å². The topological polar surface area (TPSA) is 149 Å². The fraction of sp³-hybridized carbons (Fsp3) is 0.423. The summed E-state index contributed by atoms with van der Waals surface area (Å²) in [5.41, 5.74) is 1.09. The van der Waals surface area contributed by atoms with E-state index in [1.165, 1.54) is 5.48 Å². The predicted molar refractivity (Wildman–Crippen MR) is 135 cm³/mol. The van der Waals surface area contributed by atoms with Crippen molar-refractivity contribution >= 4 is 23.4 Å². The summed E-state index contributed by atoms with van der Waals surface area (Å²) in [5, 5.41) is 25.1. The highest BCUT2D eigenvalue weighted by atomic mass is 16.5. The molecule has 0 saturated carbocycles. The Labute approximate surface area is 215 Å². The van der Waals surface area contributed by atoms with Crippen LogP contribution in [-0.2, 0) is 19.1 Å². The van der Waals surface area contributed by atoms with Crippen molar-refractivity contribution in [3.63, 3.8) is 0 Å². The number of aliphatic hydroxyl groups excluding tert-OH is 1. The van der Waals surface area contributed by atoms with Gasteiger partial charge in [-0.25, -0.2) is 5.48 Å². The van der Waals surface area contributed by atoms with E-state index >= 15 is 0 Å². The summed E-state index contributed by atoms with van der Waals surface area (Å²) in [6.07, 6.45) is -1.95. The molecule has 37 heavy (non-hydrogen) atoms. The van der Waals surface area contributed by atoms with Gasteiger partial charge in [0.25, 0.3) is 5.91 Å². The molecular formula is C26H34N4O7. The van der Waals surface area contributed by atoms with Crippen LogP contribution in [0, 0.1) is 5.41 Å². The van der Waals surface area contributed by atoms with Crippen molar-refractivity contribution in [2.75, 3.05) is 31.6 Å². The van der Waals surface area contributed by atoms with Crippen LogP contribution in [0.25, 0.3) is 0 Å². The third-order valence-corrected chi connectivity index (χ3v) is 5.85. The maximum Gasteiger partial charge on any atom is 0.274 e. The van der Waals surface area contributed by atoms with E-state index in [1.54, 1.807) is 62.1 Å². The zero-order valence-electron chi connectivity index (χ0n) is 21.1. The molecule has 0 aliphatic carbocycles. The summed E-state index contributed by atoms with van der Waals surface area (Å²) < 4.78 is 11.1. The third-order valence-electron chi connectivity index (χ3n) is 5.85. The number of ether oxygens (including phenoxy) is 2. The molecule has 1 saturated heterocycles. The number of hydroxylamine groups is 1. The molecule has 0 aromatic heterocycles. The average molecular weight is 515 g/mol. The molecule has 1 aliphatic heterocycles. The SMILES string of the molecule is CC(C)(C)C(NC(=O)C(Nc1ccc(Oc2ccccc2)cc1)C(O)C(=O)NO)C(=O)N1CCOCC1. The molecule has 3 amide bonds. The summed E-state index contributed by atoms with van der Waals surface area (Å²) in [7, 11) is 0. The molecule has 0 bridgehead atoms. The number of nitrogens with one attached hydrogen (secondary N) is 3. The first kappa shape index (κ1) is 27.9. The summed E-state index contributed by atoms with van der Waals surface area (Å²) in [6, 6.07) is 13.3. The quantitative estimate of drug-likeness (QED) is 0.250. The van der Waals surface area contributed by atoms with E-state index in [-0.39, 0.29) is 5.91 Å². The van der Waals surface area contributed by atoms with Gasteiger partial charge in [0.2, 0.25) is 11.8 Å². The first-order valence-corrected chi connectivity index (χ1v) is 12.0. The molecule has 11 nitrogen and oxygen atoms in total. The highest BCUT2D eigenvalue weighted by Crippen LogP contribution is 2.24. The first-order valence-electron chi connectivity index (χ1n) is 12.0. The van der Waals surface area contributed by atoms with E-state index in [9.17, 15) is 19.5 Å². The van der Waals surface area contributed by atoms with E-state index in [1.807, 2.05) is 18.2 Å². The van der Waals surface area contributed by atoms with Crippen LogP contribution in [0.2, 0.25) is 0 Å². The van der Waals surface area contributed by atoms with Crippen LogP contribution >= 0.6 is 0 Å². The van der Waals surface area contributed by atoms with E-state index < -0.39 is 35.4 Å². The lowest BCUT2D eigenvalue weighted by atomic mass is 9.85. The maximum atomic E-state index is 13.3. The Kier molecular flexibility index (Phi) is 9.45. The largest absolute Gasteiger partial charge is 0.457 e. The molecule has 200 valence electrons. The summed E-state index contributed by atoms with van der Waals surface area (Å²) in [4.78, 5) is 40.2. The van der Waals surface area contributed by atoms with Gasteiger partial charge in [-0.3, -0.25) is 19.6 Å². The Morgan fingerprint density at radius 3 is 2.11 bits per heavy atom. The van der Waals surface area contributed by atoms with E-state index in [4.69, 9.17) is 14.7 Å². The van der Waals surface area contributed by atoms with Crippen molar-refractivity contribution in [1.82, 2.24) is 15.7 Å². The Balaban J connectivity index is 1.78. The van der Waals surface area contributed by atoms with Gasteiger partial charge in [0.15, 0.2) is 6.10 Å². The van der Waals surface area contributed by atoms with E-state index in [0.717, 1.165) is 0 Å². The minimum Gasteiger partial charge on any atom is -0.457 e. The number of morpholine rings is 1. The van der Waals surface area contributed by atoms with Crippen LogP contribution in [0.1, 0.15) is 20.8 Å². The zero-order valence-corrected chi connectivity index (χ0v) is 21.1. The number of rotatable bonds is 9. The lowest BCUT2D eigenvalue weighted by Crippen LogP contribution is -2.61. The average Bonchev–Trinajstić information content (AvgIpc) is 2.90. The molecule has 0 spiro atoms. The van der Waals surface area contributed by atoms with Crippen LogP contribution in [-0.4, -0.2) is 77.4 Å². The van der Waals surface area contributed by atoms with Crippen molar-refractivity contribution in [1.29, 1.82) is 0 Å². The summed E-state index contributed by atoms with van der Waals surface area (Å²) in [6.45, 7) is 7.02. The lowest BCUT2D eigenvalue weighted by molar-refractivity contribution is -0.145. The lowest BCUT2D eigenvalue weighted by Gasteiger charge is -2.37. The van der Waals surface area contributed by atoms with Gasteiger partial charge in [0.05, 0.1) is 13.2 Å². The fourth-order valence-corrected chi connectivity index (χ4v) is 3.78. The number of carbonyl (C=O) groups is 3. The van der Waals surface area contributed by atoms with Crippen LogP contribution in [0.5, 0.6) is 11.5 Å². The van der Waals surface area contributed by atoms with Gasteiger partial charge in [-0.1, -0.05) is 39.0 Å². The minimum atomic E-state index is -1.95. The molecular weight excluding hydrogens is 480 g/mol. The van der Waals surface area contributed by atoms with Gasteiger partial charge in [-0.15, -0.1) is 0 Å². The van der Waals surface area contributed by atoms with E-state index in [2.05, 4.69) is 10.6 Å². The number of hydrogen-bond acceptors (Lipinski definition) is 8. The van der Waals surface area contributed by atoms with Crippen LogP contribution in [0.4, 0.5) is 5.69 Å². The Bertz CT molecular complexity index is 1050. The van der Waals surface area contributed by atoms with Crippen molar-refractivity contribution in [2.45, 2.75) is 39.0 Å². The Morgan fingerprint density at radius 2 is 1.54 bits per heavy atom. The summed E-state index contributed by atoms with van der Waals surface area (Å²) in [5.74, 6) is -1.07. The maximum absolute atomic E-state index is 13.3. The number of nitrogens with zero attached hydrogens (tertiary/aromatic N) is 1. The van der Waals surface area contributed by atoms with Crippen LogP contribution in [0.15, 0.2) is 54.6 Å². The number of aliphatic hydroxyl groups is 1. The molecule has 3 atom stereocenters. The van der Waals surface area contributed by atoms with Crippen LogP contribution in [0.3, 0.4) is 0 Å². The number of benzene rings is 2.